The molecule has 38 heavy (non-hydrogen) atoms. The Morgan fingerprint density at radius 2 is 1.97 bits per heavy atom. The van der Waals surface area contributed by atoms with Gasteiger partial charge < -0.3 is 19.7 Å². The number of nitrogens with one attached hydrogen (secondary N) is 1. The van der Waals surface area contributed by atoms with Crippen molar-refractivity contribution >= 4 is 28.8 Å². The van der Waals surface area contributed by atoms with Crippen LogP contribution in [0.3, 0.4) is 0 Å². The first-order valence-electron chi connectivity index (χ1n) is 13.0. The number of hydrogen-bond donors (Lipinski definition) is 1. The Labute approximate surface area is 228 Å². The molecular weight excluding hydrogens is 498 g/mol. The van der Waals surface area contributed by atoms with Gasteiger partial charge in [0.2, 0.25) is 5.91 Å². The van der Waals surface area contributed by atoms with Gasteiger partial charge in [-0.25, -0.2) is 9.79 Å². The van der Waals surface area contributed by atoms with Gasteiger partial charge in [0, 0.05) is 18.8 Å². The van der Waals surface area contributed by atoms with E-state index in [2.05, 4.69) is 37.4 Å². The van der Waals surface area contributed by atoms with Crippen LogP contribution in [0.1, 0.15) is 54.5 Å². The van der Waals surface area contributed by atoms with E-state index in [0.29, 0.717) is 17.8 Å². The van der Waals surface area contributed by atoms with Crippen molar-refractivity contribution < 1.29 is 19.1 Å². The van der Waals surface area contributed by atoms with Gasteiger partial charge in [-0.05, 0) is 55.7 Å². The number of aryl methyl sites for hydroxylation is 2. The Bertz CT molecular complexity index is 1310. The molecule has 3 aliphatic rings. The number of aliphatic imine (C=N–C) groups is 1. The highest BCUT2D eigenvalue weighted by Crippen LogP contribution is 2.45. The zero-order valence-electron chi connectivity index (χ0n) is 22.0. The molecule has 2 atom stereocenters. The number of nitrogens with zero attached hydrogens (tertiary/aromatic N) is 2. The number of carbonyl (C=O) groups is 2. The summed E-state index contributed by atoms with van der Waals surface area (Å²) in [5.74, 6) is -0.481. The molecule has 3 heterocycles. The van der Waals surface area contributed by atoms with Gasteiger partial charge >= 0.3 is 5.97 Å². The lowest BCUT2D eigenvalue weighted by atomic mass is 9.90. The quantitative estimate of drug-likeness (QED) is 0.465. The van der Waals surface area contributed by atoms with E-state index in [-0.39, 0.29) is 25.0 Å². The fourth-order valence-corrected chi connectivity index (χ4v) is 6.08. The summed E-state index contributed by atoms with van der Waals surface area (Å²) in [5, 5.41) is 5.74. The number of amides is 1. The largest absolute Gasteiger partial charge is 0.457 e. The SMILES string of the molecule is CC1=C(C(=O)OCc2ccccc2)[C@H](c2ccc(C)cc2C)N2C(CC(=O)NC[C@H]3CCCO3)=CSC2=N1. The zero-order valence-corrected chi connectivity index (χ0v) is 22.8. The van der Waals surface area contributed by atoms with Crippen LogP contribution < -0.4 is 5.32 Å². The minimum Gasteiger partial charge on any atom is -0.457 e. The smallest absolute Gasteiger partial charge is 0.338 e. The Kier molecular flexibility index (Phi) is 8.00. The Hall–Kier alpha value is -3.36. The molecule has 5 rings (SSSR count). The summed E-state index contributed by atoms with van der Waals surface area (Å²) in [4.78, 5) is 33.4. The van der Waals surface area contributed by atoms with E-state index in [4.69, 9.17) is 14.5 Å². The summed E-state index contributed by atoms with van der Waals surface area (Å²) in [7, 11) is 0. The maximum Gasteiger partial charge on any atom is 0.338 e. The number of thioether (sulfide) groups is 1. The Balaban J connectivity index is 1.42. The fourth-order valence-electron chi connectivity index (χ4n) is 5.12. The van der Waals surface area contributed by atoms with Crippen molar-refractivity contribution in [1.82, 2.24) is 10.2 Å². The molecule has 0 spiro atoms. The van der Waals surface area contributed by atoms with Gasteiger partial charge in [0.1, 0.15) is 6.61 Å². The van der Waals surface area contributed by atoms with Crippen LogP contribution in [-0.2, 0) is 25.7 Å². The average molecular weight is 532 g/mol. The predicted octanol–water partition coefficient (Wildman–Crippen LogP) is 5.31. The molecular formula is C30H33N3O4S. The van der Waals surface area contributed by atoms with Crippen molar-refractivity contribution in [1.29, 1.82) is 0 Å². The first-order valence-corrected chi connectivity index (χ1v) is 13.9. The highest BCUT2D eigenvalue weighted by Gasteiger charge is 2.41. The minimum absolute atomic E-state index is 0.0764. The molecule has 0 saturated carbocycles. The number of rotatable bonds is 8. The lowest BCUT2D eigenvalue weighted by molar-refractivity contribution is -0.141. The number of benzene rings is 2. The summed E-state index contributed by atoms with van der Waals surface area (Å²) >= 11 is 1.48. The van der Waals surface area contributed by atoms with Crippen LogP contribution in [0, 0.1) is 13.8 Å². The minimum atomic E-state index is -0.446. The number of carbonyl (C=O) groups excluding carboxylic acids is 2. The van der Waals surface area contributed by atoms with Gasteiger partial charge in [0.15, 0.2) is 5.17 Å². The van der Waals surface area contributed by atoms with Gasteiger partial charge in [-0.1, -0.05) is 65.9 Å². The summed E-state index contributed by atoms with van der Waals surface area (Å²) in [6.45, 7) is 7.40. The highest BCUT2D eigenvalue weighted by molar-refractivity contribution is 8.16. The van der Waals surface area contributed by atoms with Crippen molar-refractivity contribution in [3.05, 3.63) is 93.2 Å². The Morgan fingerprint density at radius 1 is 1.16 bits per heavy atom. The molecule has 3 aliphatic heterocycles. The molecule has 1 N–H and O–H groups in total. The molecule has 1 saturated heterocycles. The van der Waals surface area contributed by atoms with Crippen molar-refractivity contribution in [2.45, 2.75) is 58.8 Å². The molecule has 198 valence electrons. The van der Waals surface area contributed by atoms with Crippen LogP contribution in [-0.4, -0.2) is 41.2 Å². The number of hydrogen-bond acceptors (Lipinski definition) is 7. The summed E-state index contributed by atoms with van der Waals surface area (Å²) in [5.41, 5.74) is 6.05. The van der Waals surface area contributed by atoms with Crippen molar-refractivity contribution in [2.75, 3.05) is 13.2 Å². The maximum atomic E-state index is 13.6. The van der Waals surface area contributed by atoms with Gasteiger partial charge in [0.05, 0.1) is 29.8 Å². The summed E-state index contributed by atoms with van der Waals surface area (Å²) in [6, 6.07) is 15.4. The van der Waals surface area contributed by atoms with Crippen LogP contribution in [0.25, 0.3) is 0 Å². The number of ether oxygens (including phenoxy) is 2. The van der Waals surface area contributed by atoms with Crippen LogP contribution in [0.5, 0.6) is 0 Å². The first-order chi connectivity index (χ1) is 18.4. The molecule has 0 aromatic heterocycles. The second-order valence-electron chi connectivity index (χ2n) is 9.93. The van der Waals surface area contributed by atoms with E-state index in [9.17, 15) is 9.59 Å². The monoisotopic (exact) mass is 531 g/mol. The molecule has 0 aliphatic carbocycles. The summed E-state index contributed by atoms with van der Waals surface area (Å²) in [6.07, 6.45) is 2.26. The number of fused-ring (bicyclic) bond motifs is 1. The lowest BCUT2D eigenvalue weighted by Crippen LogP contribution is -2.39. The second kappa shape index (κ2) is 11.6. The molecule has 7 nitrogen and oxygen atoms in total. The predicted molar refractivity (Wildman–Crippen MR) is 149 cm³/mol. The zero-order chi connectivity index (χ0) is 26.6. The van der Waals surface area contributed by atoms with E-state index in [1.54, 1.807) is 0 Å². The van der Waals surface area contributed by atoms with Crippen molar-refractivity contribution in [2.24, 2.45) is 4.99 Å². The van der Waals surface area contributed by atoms with Crippen molar-refractivity contribution in [3.8, 4) is 0 Å². The molecule has 0 unspecified atom stereocenters. The molecule has 0 bridgehead atoms. The average Bonchev–Trinajstić information content (AvgIpc) is 3.56. The third-order valence-electron chi connectivity index (χ3n) is 7.05. The van der Waals surface area contributed by atoms with Crippen LogP contribution in [0.4, 0.5) is 0 Å². The first kappa shape index (κ1) is 26.3. The second-order valence-corrected chi connectivity index (χ2v) is 10.8. The number of allylic oxidation sites excluding steroid dienone is 1. The van der Waals surface area contributed by atoms with Crippen LogP contribution in [0.15, 0.2) is 75.9 Å². The molecule has 8 heteroatoms. The van der Waals surface area contributed by atoms with Gasteiger partial charge in [-0.2, -0.15) is 0 Å². The number of esters is 1. The topological polar surface area (TPSA) is 80.2 Å². The van der Waals surface area contributed by atoms with Crippen LogP contribution in [0.2, 0.25) is 0 Å². The van der Waals surface area contributed by atoms with Crippen molar-refractivity contribution in [3.63, 3.8) is 0 Å². The molecule has 0 radical (unpaired) electrons. The fraction of sp³-hybridized carbons (Fsp3) is 0.367. The molecule has 1 amide bonds. The van der Waals surface area contributed by atoms with E-state index in [1.165, 1.54) is 11.8 Å². The molecule has 2 aromatic carbocycles. The van der Waals surface area contributed by atoms with Gasteiger partial charge in [0.25, 0.3) is 0 Å². The van der Waals surface area contributed by atoms with Gasteiger partial charge in [-0.15, -0.1) is 0 Å². The summed E-state index contributed by atoms with van der Waals surface area (Å²) < 4.78 is 11.4. The third-order valence-corrected chi connectivity index (χ3v) is 7.93. The van der Waals surface area contributed by atoms with Crippen LogP contribution >= 0.6 is 11.8 Å². The maximum absolute atomic E-state index is 13.6. The third kappa shape index (κ3) is 5.71. The standard InChI is InChI=1S/C30H33N3O4S/c1-19-11-12-25(20(2)14-19)28-27(29(35)37-17-22-8-5-4-6-9-22)21(3)32-30-33(28)23(18-38-30)15-26(34)31-16-24-10-7-13-36-24/h4-6,8-9,11-12,14,18,24,28H,7,10,13,15-17H2,1-3H3,(H,31,34)/t24-,28+/m1/s1. The normalized spacial score (nSPS) is 20.7. The lowest BCUT2D eigenvalue weighted by Gasteiger charge is -2.37. The molecule has 2 aromatic rings. The van der Waals surface area contributed by atoms with E-state index >= 15 is 0 Å². The Morgan fingerprint density at radius 3 is 2.71 bits per heavy atom. The van der Waals surface area contributed by atoms with E-state index in [0.717, 1.165) is 52.6 Å². The highest BCUT2D eigenvalue weighted by atomic mass is 32.2. The van der Waals surface area contributed by atoms with Gasteiger partial charge in [-0.3, -0.25) is 4.79 Å². The number of amidine groups is 1. The van der Waals surface area contributed by atoms with E-state index < -0.39 is 12.0 Å². The van der Waals surface area contributed by atoms with E-state index in [1.807, 2.05) is 47.6 Å². The molecule has 1 fully saturated rings.